The van der Waals surface area contributed by atoms with Crippen molar-refractivity contribution < 1.29 is 4.39 Å². The van der Waals surface area contributed by atoms with Gasteiger partial charge in [0.2, 0.25) is 0 Å². The maximum atomic E-state index is 14.3. The maximum absolute atomic E-state index is 14.3. The Balaban J connectivity index is 1.33. The number of hydrogen-bond acceptors (Lipinski definition) is 2. The van der Waals surface area contributed by atoms with Crippen molar-refractivity contribution in [2.75, 3.05) is 19.6 Å². The van der Waals surface area contributed by atoms with Crippen LogP contribution in [0.5, 0.6) is 0 Å². The first-order chi connectivity index (χ1) is 16.7. The van der Waals surface area contributed by atoms with Crippen molar-refractivity contribution in [3.05, 3.63) is 120 Å². The van der Waals surface area contributed by atoms with Gasteiger partial charge in [-0.2, -0.15) is 0 Å². The lowest BCUT2D eigenvalue weighted by atomic mass is 9.80. The van der Waals surface area contributed by atoms with Crippen molar-refractivity contribution in [1.82, 2.24) is 10.2 Å². The van der Waals surface area contributed by atoms with Gasteiger partial charge >= 0.3 is 0 Å². The second-order valence-electron chi connectivity index (χ2n) is 9.59. The van der Waals surface area contributed by atoms with Crippen LogP contribution in [0.4, 0.5) is 4.39 Å². The second-order valence-corrected chi connectivity index (χ2v) is 9.59. The van der Waals surface area contributed by atoms with E-state index in [2.05, 4.69) is 89.9 Å². The molecule has 1 N–H and O–H groups in total. The molecule has 3 atom stereocenters. The summed E-state index contributed by atoms with van der Waals surface area (Å²) in [6.45, 7) is 5.81. The van der Waals surface area contributed by atoms with Gasteiger partial charge < -0.3 is 5.32 Å². The van der Waals surface area contributed by atoms with E-state index >= 15 is 0 Å². The van der Waals surface area contributed by atoms with Crippen LogP contribution < -0.4 is 5.32 Å². The normalized spacial score (nSPS) is 19.8. The molecule has 0 bridgehead atoms. The van der Waals surface area contributed by atoms with E-state index in [0.717, 1.165) is 31.6 Å². The van der Waals surface area contributed by atoms with E-state index in [1.807, 2.05) is 12.1 Å². The molecule has 0 spiro atoms. The largest absolute Gasteiger partial charge is 0.310 e. The molecule has 2 nitrogen and oxygen atoms in total. The molecular formula is C31H33FN2. The fraction of sp³-hybridized carbons (Fsp3) is 0.290. The van der Waals surface area contributed by atoms with Crippen LogP contribution in [-0.4, -0.2) is 24.5 Å². The molecule has 1 aliphatic rings. The Bertz CT molecular complexity index is 1220. The van der Waals surface area contributed by atoms with Crippen LogP contribution in [0.3, 0.4) is 0 Å². The molecule has 4 aromatic carbocycles. The van der Waals surface area contributed by atoms with E-state index < -0.39 is 0 Å². The van der Waals surface area contributed by atoms with Gasteiger partial charge in [-0.15, -0.1) is 0 Å². The van der Waals surface area contributed by atoms with Gasteiger partial charge in [0, 0.05) is 31.2 Å². The average Bonchev–Trinajstić information content (AvgIpc) is 2.89. The lowest BCUT2D eigenvalue weighted by Crippen LogP contribution is -2.43. The molecule has 0 radical (unpaired) electrons. The summed E-state index contributed by atoms with van der Waals surface area (Å²) in [5.41, 5.74) is 3.54. The number of likely N-dealkylation sites (tertiary alicyclic amines) is 1. The minimum Gasteiger partial charge on any atom is -0.310 e. The van der Waals surface area contributed by atoms with Crippen molar-refractivity contribution in [3.8, 4) is 0 Å². The zero-order chi connectivity index (χ0) is 23.3. The van der Waals surface area contributed by atoms with Crippen molar-refractivity contribution in [1.29, 1.82) is 0 Å². The summed E-state index contributed by atoms with van der Waals surface area (Å²) in [6.07, 6.45) is 1.09. The van der Waals surface area contributed by atoms with Crippen LogP contribution in [0.15, 0.2) is 97.1 Å². The summed E-state index contributed by atoms with van der Waals surface area (Å²) in [5.74, 6) is 0.859. The molecule has 1 fully saturated rings. The van der Waals surface area contributed by atoms with Crippen LogP contribution in [0.25, 0.3) is 10.8 Å². The van der Waals surface area contributed by atoms with Crippen LogP contribution in [-0.2, 0) is 6.54 Å². The molecule has 0 aromatic heterocycles. The third-order valence-corrected chi connectivity index (χ3v) is 7.37. The highest BCUT2D eigenvalue weighted by atomic mass is 19.1. The summed E-state index contributed by atoms with van der Waals surface area (Å²) >= 11 is 0. The third kappa shape index (κ3) is 5.06. The highest BCUT2D eigenvalue weighted by molar-refractivity contribution is 5.86. The predicted molar refractivity (Wildman–Crippen MR) is 139 cm³/mol. The third-order valence-electron chi connectivity index (χ3n) is 7.37. The summed E-state index contributed by atoms with van der Waals surface area (Å²) in [7, 11) is 0. The first kappa shape index (κ1) is 22.8. The zero-order valence-electron chi connectivity index (χ0n) is 19.8. The molecule has 0 amide bonds. The minimum atomic E-state index is -0.105. The number of benzene rings is 4. The highest BCUT2D eigenvalue weighted by Gasteiger charge is 2.31. The molecule has 2 unspecified atom stereocenters. The molecule has 1 heterocycles. The van der Waals surface area contributed by atoms with Gasteiger partial charge in [0.05, 0.1) is 0 Å². The van der Waals surface area contributed by atoms with Crippen LogP contribution in [0.1, 0.15) is 42.0 Å². The number of rotatable bonds is 7. The van der Waals surface area contributed by atoms with Gasteiger partial charge in [-0.3, -0.25) is 4.90 Å². The lowest BCUT2D eigenvalue weighted by Gasteiger charge is -2.39. The first-order valence-corrected chi connectivity index (χ1v) is 12.4. The molecule has 4 aromatic rings. The second kappa shape index (κ2) is 10.5. The number of halogens is 1. The lowest BCUT2D eigenvalue weighted by molar-refractivity contribution is 0.141. The van der Waals surface area contributed by atoms with E-state index in [-0.39, 0.29) is 11.9 Å². The fourth-order valence-corrected chi connectivity index (χ4v) is 5.53. The number of nitrogens with one attached hydrogen (secondary N) is 1. The van der Waals surface area contributed by atoms with E-state index in [1.54, 1.807) is 12.1 Å². The maximum Gasteiger partial charge on any atom is 0.127 e. The smallest absolute Gasteiger partial charge is 0.127 e. The Morgan fingerprint density at radius 2 is 1.62 bits per heavy atom. The number of nitrogens with zero attached hydrogens (tertiary/aromatic N) is 1. The van der Waals surface area contributed by atoms with Crippen molar-refractivity contribution in [2.24, 2.45) is 5.92 Å². The minimum absolute atomic E-state index is 0.105. The average molecular weight is 453 g/mol. The Morgan fingerprint density at radius 3 is 2.47 bits per heavy atom. The monoisotopic (exact) mass is 452 g/mol. The molecule has 174 valence electrons. The number of piperidine rings is 1. The van der Waals surface area contributed by atoms with E-state index in [0.29, 0.717) is 18.4 Å². The van der Waals surface area contributed by atoms with Crippen molar-refractivity contribution in [2.45, 2.75) is 31.8 Å². The summed E-state index contributed by atoms with van der Waals surface area (Å²) in [5, 5.41) is 6.45. The molecule has 0 aliphatic carbocycles. The molecule has 5 rings (SSSR count). The van der Waals surface area contributed by atoms with Gasteiger partial charge in [0.15, 0.2) is 0 Å². The molecule has 1 aliphatic heterocycles. The van der Waals surface area contributed by atoms with E-state index in [1.165, 1.54) is 21.9 Å². The number of fused-ring (bicyclic) bond motifs is 1. The molecule has 34 heavy (non-hydrogen) atoms. The predicted octanol–water partition coefficient (Wildman–Crippen LogP) is 6.94. The van der Waals surface area contributed by atoms with E-state index in [4.69, 9.17) is 0 Å². The SMILES string of the molecule is C[C@@H](NCC1CN(Cc2ccccc2F)CCC1c1ccccc1)c1cccc2ccccc12. The topological polar surface area (TPSA) is 15.3 Å². The van der Waals surface area contributed by atoms with Gasteiger partial charge in [-0.05, 0) is 59.7 Å². The summed E-state index contributed by atoms with van der Waals surface area (Å²) in [6, 6.07) is 33.5. The van der Waals surface area contributed by atoms with Gasteiger partial charge in [0.25, 0.3) is 0 Å². The first-order valence-electron chi connectivity index (χ1n) is 12.4. The van der Waals surface area contributed by atoms with Gasteiger partial charge in [-0.25, -0.2) is 4.39 Å². The van der Waals surface area contributed by atoms with Crippen molar-refractivity contribution in [3.63, 3.8) is 0 Å². The van der Waals surface area contributed by atoms with Crippen LogP contribution in [0, 0.1) is 11.7 Å². The molecule has 1 saturated heterocycles. The van der Waals surface area contributed by atoms with Gasteiger partial charge in [0.1, 0.15) is 5.82 Å². The molecular weight excluding hydrogens is 419 g/mol. The standard InChI is InChI=1S/C31H33FN2/c1-23(28-16-9-14-25-12-5-7-15-30(25)28)33-20-27-22-34(21-26-13-6-8-17-31(26)32)19-18-29(27)24-10-3-2-4-11-24/h2-17,23,27,29,33H,18-22H2,1H3/t23-,27?,29?/m1/s1. The van der Waals surface area contributed by atoms with Gasteiger partial charge in [-0.1, -0.05) is 91.0 Å². The number of hydrogen-bond donors (Lipinski definition) is 1. The Labute approximate surface area is 202 Å². The molecule has 0 saturated carbocycles. The fourth-order valence-electron chi connectivity index (χ4n) is 5.53. The Hall–Kier alpha value is -3.01. The Kier molecular flexibility index (Phi) is 7.03. The highest BCUT2D eigenvalue weighted by Crippen LogP contribution is 2.34. The van der Waals surface area contributed by atoms with Crippen LogP contribution >= 0.6 is 0 Å². The van der Waals surface area contributed by atoms with Crippen LogP contribution in [0.2, 0.25) is 0 Å². The van der Waals surface area contributed by atoms with E-state index in [9.17, 15) is 4.39 Å². The quantitative estimate of drug-likeness (QED) is 0.327. The zero-order valence-corrected chi connectivity index (χ0v) is 19.8. The summed E-state index contributed by atoms with van der Waals surface area (Å²) < 4.78 is 14.3. The molecule has 3 heteroatoms. The summed E-state index contributed by atoms with van der Waals surface area (Å²) in [4.78, 5) is 2.42. The Morgan fingerprint density at radius 1 is 0.882 bits per heavy atom. The van der Waals surface area contributed by atoms with Crippen molar-refractivity contribution >= 4 is 10.8 Å².